The Balaban J connectivity index is 1.42. The van der Waals surface area contributed by atoms with Gasteiger partial charge in [-0.15, -0.1) is 0 Å². The van der Waals surface area contributed by atoms with Crippen molar-refractivity contribution in [1.29, 1.82) is 0 Å². The SMILES string of the molecule is CCn1ccnc1[C@H]1CCCN(C(=O)c2ccc(CN3CCCC3)o2)C1. The number of rotatable bonds is 5. The molecule has 2 aromatic heterocycles. The average Bonchev–Trinajstić information content (AvgIpc) is 3.43. The largest absolute Gasteiger partial charge is 0.455 e. The predicted molar refractivity (Wildman–Crippen MR) is 99.0 cm³/mol. The maximum absolute atomic E-state index is 12.9. The molecule has 2 saturated heterocycles. The van der Waals surface area contributed by atoms with Crippen LogP contribution in [0, 0.1) is 0 Å². The lowest BCUT2D eigenvalue weighted by Crippen LogP contribution is -2.39. The molecule has 6 heteroatoms. The molecule has 4 rings (SSSR count). The summed E-state index contributed by atoms with van der Waals surface area (Å²) in [6.07, 6.45) is 8.49. The first-order valence-corrected chi connectivity index (χ1v) is 9.86. The summed E-state index contributed by atoms with van der Waals surface area (Å²) in [5.74, 6) is 2.78. The van der Waals surface area contributed by atoms with E-state index < -0.39 is 0 Å². The summed E-state index contributed by atoms with van der Waals surface area (Å²) >= 11 is 0. The molecule has 2 aromatic rings. The van der Waals surface area contributed by atoms with Gasteiger partial charge in [-0.2, -0.15) is 0 Å². The molecule has 0 bridgehead atoms. The Hall–Kier alpha value is -2.08. The fraction of sp³-hybridized carbons (Fsp3) is 0.600. The van der Waals surface area contributed by atoms with E-state index in [-0.39, 0.29) is 5.91 Å². The van der Waals surface area contributed by atoms with Crippen LogP contribution in [-0.2, 0) is 13.1 Å². The molecule has 4 heterocycles. The van der Waals surface area contributed by atoms with E-state index in [0.29, 0.717) is 11.7 Å². The van der Waals surface area contributed by atoms with E-state index in [0.717, 1.165) is 63.7 Å². The second kappa shape index (κ2) is 7.66. The third-order valence-corrected chi connectivity index (χ3v) is 5.61. The maximum Gasteiger partial charge on any atom is 0.289 e. The third-order valence-electron chi connectivity index (χ3n) is 5.61. The zero-order chi connectivity index (χ0) is 17.9. The number of aromatic nitrogens is 2. The van der Waals surface area contributed by atoms with E-state index in [4.69, 9.17) is 4.42 Å². The fourth-order valence-electron chi connectivity index (χ4n) is 4.22. The van der Waals surface area contributed by atoms with Crippen molar-refractivity contribution in [2.75, 3.05) is 26.2 Å². The lowest BCUT2D eigenvalue weighted by atomic mass is 9.97. The minimum atomic E-state index is 0.0111. The van der Waals surface area contributed by atoms with Crippen LogP contribution in [0.4, 0.5) is 0 Å². The number of hydrogen-bond donors (Lipinski definition) is 0. The number of piperidine rings is 1. The van der Waals surface area contributed by atoms with Crippen molar-refractivity contribution in [3.63, 3.8) is 0 Å². The van der Waals surface area contributed by atoms with Gasteiger partial charge >= 0.3 is 0 Å². The fourth-order valence-corrected chi connectivity index (χ4v) is 4.22. The summed E-state index contributed by atoms with van der Waals surface area (Å²) in [5, 5.41) is 0. The monoisotopic (exact) mass is 356 g/mol. The quantitative estimate of drug-likeness (QED) is 0.826. The molecule has 140 valence electrons. The molecule has 0 radical (unpaired) electrons. The number of likely N-dealkylation sites (tertiary alicyclic amines) is 2. The van der Waals surface area contributed by atoms with Crippen molar-refractivity contribution >= 4 is 5.91 Å². The average molecular weight is 356 g/mol. The van der Waals surface area contributed by atoms with Crippen LogP contribution in [0.2, 0.25) is 0 Å². The standard InChI is InChI=1S/C20H28N4O2/c1-2-23-13-9-21-19(23)16-6-5-12-24(14-16)20(25)18-8-7-17(26-18)15-22-10-3-4-11-22/h7-9,13,16H,2-6,10-12,14-15H2,1H3/t16-/m0/s1. The van der Waals surface area contributed by atoms with Crippen LogP contribution in [-0.4, -0.2) is 51.4 Å². The highest BCUT2D eigenvalue weighted by molar-refractivity contribution is 5.91. The Labute approximate surface area is 154 Å². The van der Waals surface area contributed by atoms with Gasteiger partial charge in [0.15, 0.2) is 5.76 Å². The summed E-state index contributed by atoms with van der Waals surface area (Å²) in [6.45, 7) is 7.62. The Morgan fingerprint density at radius 1 is 1.23 bits per heavy atom. The van der Waals surface area contributed by atoms with Crippen LogP contribution in [0.1, 0.15) is 60.7 Å². The molecule has 2 aliphatic rings. The number of hydrogen-bond acceptors (Lipinski definition) is 4. The molecule has 0 N–H and O–H groups in total. The number of imidazole rings is 1. The molecular weight excluding hydrogens is 328 g/mol. The van der Waals surface area contributed by atoms with Gasteiger partial charge in [-0.05, 0) is 57.8 Å². The summed E-state index contributed by atoms with van der Waals surface area (Å²) in [6, 6.07) is 3.79. The molecule has 1 amide bonds. The number of aryl methyl sites for hydroxylation is 1. The zero-order valence-corrected chi connectivity index (χ0v) is 15.6. The Bertz CT molecular complexity index is 745. The second-order valence-electron chi connectivity index (χ2n) is 7.41. The van der Waals surface area contributed by atoms with Crippen molar-refractivity contribution in [3.05, 3.63) is 41.9 Å². The molecule has 26 heavy (non-hydrogen) atoms. The van der Waals surface area contributed by atoms with Gasteiger partial charge in [0.05, 0.1) is 6.54 Å². The van der Waals surface area contributed by atoms with Gasteiger partial charge in [-0.1, -0.05) is 0 Å². The lowest BCUT2D eigenvalue weighted by Gasteiger charge is -2.32. The van der Waals surface area contributed by atoms with Crippen LogP contribution in [0.15, 0.2) is 28.9 Å². The molecule has 6 nitrogen and oxygen atoms in total. The number of carbonyl (C=O) groups excluding carboxylic acids is 1. The summed E-state index contributed by atoms with van der Waals surface area (Å²) in [4.78, 5) is 21.8. The van der Waals surface area contributed by atoms with Gasteiger partial charge in [-0.25, -0.2) is 4.98 Å². The maximum atomic E-state index is 12.9. The molecule has 0 saturated carbocycles. The number of nitrogens with zero attached hydrogens (tertiary/aromatic N) is 4. The lowest BCUT2D eigenvalue weighted by molar-refractivity contribution is 0.0667. The summed E-state index contributed by atoms with van der Waals surface area (Å²) in [5.41, 5.74) is 0. The Morgan fingerprint density at radius 2 is 2.08 bits per heavy atom. The third kappa shape index (κ3) is 3.56. The van der Waals surface area contributed by atoms with Crippen molar-refractivity contribution in [3.8, 4) is 0 Å². The van der Waals surface area contributed by atoms with Crippen LogP contribution in [0.25, 0.3) is 0 Å². The van der Waals surface area contributed by atoms with Crippen LogP contribution < -0.4 is 0 Å². The Morgan fingerprint density at radius 3 is 2.88 bits per heavy atom. The van der Waals surface area contributed by atoms with Crippen molar-refractivity contribution in [1.82, 2.24) is 19.4 Å². The Kier molecular flexibility index (Phi) is 5.11. The molecule has 2 aliphatic heterocycles. The highest BCUT2D eigenvalue weighted by Gasteiger charge is 2.29. The summed E-state index contributed by atoms with van der Waals surface area (Å²) < 4.78 is 8.06. The molecule has 0 aliphatic carbocycles. The molecular formula is C20H28N4O2. The van der Waals surface area contributed by atoms with Crippen LogP contribution in [0.5, 0.6) is 0 Å². The van der Waals surface area contributed by atoms with E-state index in [1.165, 1.54) is 12.8 Å². The predicted octanol–water partition coefficient (Wildman–Crippen LogP) is 3.11. The second-order valence-corrected chi connectivity index (χ2v) is 7.41. The smallest absolute Gasteiger partial charge is 0.289 e. The number of furan rings is 1. The van der Waals surface area contributed by atoms with E-state index in [2.05, 4.69) is 21.4 Å². The first-order valence-electron chi connectivity index (χ1n) is 9.86. The zero-order valence-electron chi connectivity index (χ0n) is 15.6. The van der Waals surface area contributed by atoms with Gasteiger partial charge in [0.1, 0.15) is 11.6 Å². The highest BCUT2D eigenvalue weighted by Crippen LogP contribution is 2.27. The first kappa shape index (κ1) is 17.3. The van der Waals surface area contributed by atoms with Crippen molar-refractivity contribution < 1.29 is 9.21 Å². The first-order chi connectivity index (χ1) is 12.7. The van der Waals surface area contributed by atoms with E-state index in [1.807, 2.05) is 29.4 Å². The van der Waals surface area contributed by atoms with Crippen LogP contribution in [0.3, 0.4) is 0 Å². The summed E-state index contributed by atoms with van der Waals surface area (Å²) in [7, 11) is 0. The number of amides is 1. The van der Waals surface area contributed by atoms with Gasteiger partial charge in [-0.3, -0.25) is 9.69 Å². The van der Waals surface area contributed by atoms with E-state index >= 15 is 0 Å². The molecule has 0 spiro atoms. The minimum absolute atomic E-state index is 0.0111. The van der Waals surface area contributed by atoms with Gasteiger partial charge < -0.3 is 13.9 Å². The minimum Gasteiger partial charge on any atom is -0.455 e. The van der Waals surface area contributed by atoms with Gasteiger partial charge in [0.2, 0.25) is 0 Å². The van der Waals surface area contributed by atoms with Crippen molar-refractivity contribution in [2.45, 2.75) is 51.6 Å². The molecule has 2 fully saturated rings. The molecule has 0 aromatic carbocycles. The van der Waals surface area contributed by atoms with Crippen LogP contribution >= 0.6 is 0 Å². The van der Waals surface area contributed by atoms with E-state index in [9.17, 15) is 4.79 Å². The topological polar surface area (TPSA) is 54.5 Å². The van der Waals surface area contributed by atoms with Gasteiger partial charge in [0, 0.05) is 37.9 Å². The van der Waals surface area contributed by atoms with Crippen molar-refractivity contribution in [2.24, 2.45) is 0 Å². The van der Waals surface area contributed by atoms with Gasteiger partial charge in [0.25, 0.3) is 5.91 Å². The normalized spacial score (nSPS) is 21.4. The number of carbonyl (C=O) groups is 1. The highest BCUT2D eigenvalue weighted by atomic mass is 16.4. The molecule has 1 atom stereocenters. The van der Waals surface area contributed by atoms with E-state index in [1.54, 1.807) is 0 Å². The molecule has 0 unspecified atom stereocenters.